The van der Waals surface area contributed by atoms with Crippen LogP contribution in [0.25, 0.3) is 18.2 Å². The summed E-state index contributed by atoms with van der Waals surface area (Å²) in [6, 6.07) is 45.1. The standard InChI is InChI=1S/C42H31Cl2N3/c1-4-29-16-7-10-21-34(29)45-32-19-13-20-33(28-32)46(35-22-11-8-17-30(35)5-2)38-25-15-27-40(42(38)44)47(36-23-12-9-18-31(36)6-3)39-26-14-24-37(45)41(39)43/h4-28H,1-3H2. The van der Waals surface area contributed by atoms with Crippen molar-refractivity contribution < 1.29 is 0 Å². The van der Waals surface area contributed by atoms with E-state index in [2.05, 4.69) is 89.0 Å². The second-order valence-electron chi connectivity index (χ2n) is 11.0. The van der Waals surface area contributed by atoms with Crippen molar-refractivity contribution in [2.75, 3.05) is 14.7 Å². The van der Waals surface area contributed by atoms with Crippen LogP contribution < -0.4 is 14.7 Å². The lowest BCUT2D eigenvalue weighted by molar-refractivity contribution is 1.21. The van der Waals surface area contributed by atoms with Gasteiger partial charge in [0.25, 0.3) is 0 Å². The molecule has 0 spiro atoms. The maximum absolute atomic E-state index is 7.56. The quantitative estimate of drug-likeness (QED) is 0.178. The minimum atomic E-state index is 0.562. The van der Waals surface area contributed by atoms with Crippen LogP contribution in [0.5, 0.6) is 0 Å². The van der Waals surface area contributed by atoms with Crippen molar-refractivity contribution >= 4 is 92.6 Å². The van der Waals surface area contributed by atoms with Gasteiger partial charge in [0.2, 0.25) is 0 Å². The third kappa shape index (κ3) is 5.20. The van der Waals surface area contributed by atoms with Crippen LogP contribution in [0.2, 0.25) is 10.0 Å². The average Bonchev–Trinajstić information content (AvgIpc) is 3.12. The van der Waals surface area contributed by atoms with Crippen molar-refractivity contribution in [3.05, 3.63) is 180 Å². The highest BCUT2D eigenvalue weighted by Crippen LogP contribution is 2.53. The van der Waals surface area contributed by atoms with E-state index in [0.29, 0.717) is 10.0 Å². The average molecular weight is 649 g/mol. The first-order valence-corrected chi connectivity index (χ1v) is 16.0. The van der Waals surface area contributed by atoms with Crippen LogP contribution in [0, 0.1) is 0 Å². The normalized spacial score (nSPS) is 12.2. The fraction of sp³-hybridized carbons (Fsp3) is 0. The van der Waals surface area contributed by atoms with Gasteiger partial charge in [-0.05, 0) is 77.4 Å². The van der Waals surface area contributed by atoms with Gasteiger partial charge in [0.1, 0.15) is 0 Å². The molecular formula is C42H31Cl2N3. The van der Waals surface area contributed by atoms with Gasteiger partial charge in [-0.1, -0.05) is 134 Å². The first-order valence-electron chi connectivity index (χ1n) is 15.3. The highest BCUT2D eigenvalue weighted by atomic mass is 35.5. The molecule has 0 atom stereocenters. The van der Waals surface area contributed by atoms with Crippen LogP contribution in [-0.2, 0) is 0 Å². The number of benzene rings is 6. The van der Waals surface area contributed by atoms with E-state index >= 15 is 0 Å². The summed E-state index contributed by atoms with van der Waals surface area (Å²) in [5.41, 5.74) is 10.7. The second kappa shape index (κ2) is 12.7. The van der Waals surface area contributed by atoms with Gasteiger partial charge >= 0.3 is 0 Å². The molecule has 6 bridgehead atoms. The summed E-state index contributed by atoms with van der Waals surface area (Å²) >= 11 is 15.1. The van der Waals surface area contributed by atoms with E-state index in [1.165, 1.54) is 0 Å². The number of para-hydroxylation sites is 3. The van der Waals surface area contributed by atoms with Crippen LogP contribution in [0.15, 0.2) is 153 Å². The third-order valence-electron chi connectivity index (χ3n) is 8.42. The van der Waals surface area contributed by atoms with Crippen molar-refractivity contribution in [2.45, 2.75) is 0 Å². The smallest absolute Gasteiger partial charge is 0.0887 e. The molecule has 0 unspecified atom stereocenters. The number of rotatable bonds is 6. The Hall–Kier alpha value is -5.48. The molecule has 0 saturated carbocycles. The first kappa shape index (κ1) is 30.2. The number of halogens is 2. The van der Waals surface area contributed by atoms with Gasteiger partial charge in [-0.3, -0.25) is 0 Å². The number of fused-ring (bicyclic) bond motifs is 6. The molecule has 0 amide bonds. The molecule has 0 aromatic heterocycles. The second-order valence-corrected chi connectivity index (χ2v) is 11.8. The summed E-state index contributed by atoms with van der Waals surface area (Å²) in [6.45, 7) is 12.4. The van der Waals surface area contributed by atoms with E-state index in [0.717, 1.165) is 67.9 Å². The van der Waals surface area contributed by atoms with Crippen molar-refractivity contribution in [3.8, 4) is 0 Å². The molecule has 0 saturated heterocycles. The van der Waals surface area contributed by atoms with Gasteiger partial charge in [0.05, 0.1) is 49.9 Å². The predicted molar refractivity (Wildman–Crippen MR) is 204 cm³/mol. The van der Waals surface area contributed by atoms with E-state index in [1.807, 2.05) is 97.1 Å². The minimum Gasteiger partial charge on any atom is -0.308 e. The summed E-state index contributed by atoms with van der Waals surface area (Å²) in [5, 5.41) is 1.12. The maximum atomic E-state index is 7.56. The van der Waals surface area contributed by atoms with E-state index in [4.69, 9.17) is 23.2 Å². The molecule has 47 heavy (non-hydrogen) atoms. The monoisotopic (exact) mass is 647 g/mol. The Balaban J connectivity index is 1.65. The minimum absolute atomic E-state index is 0.562. The Morgan fingerprint density at radius 2 is 0.660 bits per heavy atom. The van der Waals surface area contributed by atoms with E-state index < -0.39 is 0 Å². The van der Waals surface area contributed by atoms with Gasteiger partial charge < -0.3 is 14.7 Å². The zero-order chi connectivity index (χ0) is 32.5. The molecule has 0 fully saturated rings. The number of anilines is 9. The lowest BCUT2D eigenvalue weighted by atomic mass is 10.0. The molecule has 6 aromatic rings. The van der Waals surface area contributed by atoms with Crippen LogP contribution in [0.4, 0.5) is 51.2 Å². The molecule has 5 heteroatoms. The van der Waals surface area contributed by atoms with Crippen molar-refractivity contribution in [2.24, 2.45) is 0 Å². The van der Waals surface area contributed by atoms with E-state index in [1.54, 1.807) is 0 Å². The van der Waals surface area contributed by atoms with E-state index in [9.17, 15) is 0 Å². The highest BCUT2D eigenvalue weighted by molar-refractivity contribution is 6.38. The Morgan fingerprint density at radius 1 is 0.362 bits per heavy atom. The van der Waals surface area contributed by atoms with Crippen LogP contribution in [-0.4, -0.2) is 0 Å². The van der Waals surface area contributed by atoms with Gasteiger partial charge in [0.15, 0.2) is 0 Å². The molecule has 0 N–H and O–H groups in total. The largest absolute Gasteiger partial charge is 0.308 e. The zero-order valence-electron chi connectivity index (χ0n) is 25.7. The highest BCUT2D eigenvalue weighted by Gasteiger charge is 2.29. The van der Waals surface area contributed by atoms with Crippen molar-refractivity contribution in [1.29, 1.82) is 0 Å². The Bertz CT molecular complexity index is 2040. The fourth-order valence-corrected chi connectivity index (χ4v) is 6.86. The van der Waals surface area contributed by atoms with E-state index in [-0.39, 0.29) is 0 Å². The van der Waals surface area contributed by atoms with Crippen LogP contribution >= 0.6 is 23.2 Å². The Labute approximate surface area is 286 Å². The summed E-state index contributed by atoms with van der Waals surface area (Å²) in [6.07, 6.45) is 5.60. The van der Waals surface area contributed by atoms with Crippen LogP contribution in [0.3, 0.4) is 0 Å². The Kier molecular flexibility index (Phi) is 8.17. The lowest BCUT2D eigenvalue weighted by Gasteiger charge is -2.35. The SMILES string of the molecule is C=Cc1ccccc1N1c2cccc(c2)N(c2ccccc2C=C)c2cccc(c2Cl)N(c2ccccc2C=C)c2cccc1c2Cl. The number of nitrogens with zero attached hydrogens (tertiary/aromatic N) is 3. The third-order valence-corrected chi connectivity index (χ3v) is 9.19. The van der Waals surface area contributed by atoms with Crippen molar-refractivity contribution in [3.63, 3.8) is 0 Å². The van der Waals surface area contributed by atoms with Crippen molar-refractivity contribution in [1.82, 2.24) is 0 Å². The molecule has 7 rings (SSSR count). The van der Waals surface area contributed by atoms with Gasteiger partial charge in [-0.25, -0.2) is 0 Å². The molecule has 3 nitrogen and oxygen atoms in total. The lowest BCUT2D eigenvalue weighted by Crippen LogP contribution is -2.19. The molecule has 0 radical (unpaired) electrons. The predicted octanol–water partition coefficient (Wildman–Crippen LogP) is 13.6. The number of hydrogen-bond acceptors (Lipinski definition) is 3. The topological polar surface area (TPSA) is 9.72 Å². The zero-order valence-corrected chi connectivity index (χ0v) is 27.2. The summed E-state index contributed by atoms with van der Waals surface area (Å²) in [4.78, 5) is 6.51. The summed E-state index contributed by atoms with van der Waals surface area (Å²) in [7, 11) is 0. The molecule has 228 valence electrons. The fourth-order valence-electron chi connectivity index (χ4n) is 6.27. The first-order chi connectivity index (χ1) is 23.0. The molecule has 1 heterocycles. The molecule has 6 aromatic carbocycles. The molecule has 1 aliphatic rings. The maximum Gasteiger partial charge on any atom is 0.0887 e. The van der Waals surface area contributed by atoms with Crippen LogP contribution in [0.1, 0.15) is 16.7 Å². The van der Waals surface area contributed by atoms with Gasteiger partial charge in [-0.15, -0.1) is 0 Å². The van der Waals surface area contributed by atoms with Gasteiger partial charge in [-0.2, -0.15) is 0 Å². The molecule has 1 aliphatic heterocycles. The molecular weight excluding hydrogens is 617 g/mol. The number of hydrogen-bond donors (Lipinski definition) is 0. The van der Waals surface area contributed by atoms with Gasteiger partial charge in [0, 0.05) is 11.4 Å². The summed E-state index contributed by atoms with van der Waals surface area (Å²) < 4.78 is 0. The molecule has 0 aliphatic carbocycles. The Morgan fingerprint density at radius 3 is 1.04 bits per heavy atom. The summed E-state index contributed by atoms with van der Waals surface area (Å²) in [5.74, 6) is 0.